The standard InChI is InChI=1S/C11H10ClF3N6/c1-6-16-7(12)4-8(17-6)20-2-3-21-9(5-20)18-19-10(21)11(13,14)15/h4H,2-3,5H2,1H3. The van der Waals surface area contributed by atoms with Gasteiger partial charge in [-0.2, -0.15) is 13.2 Å². The minimum atomic E-state index is -4.50. The van der Waals surface area contributed by atoms with Crippen molar-refractivity contribution >= 4 is 17.4 Å². The Morgan fingerprint density at radius 2 is 1.95 bits per heavy atom. The summed E-state index contributed by atoms with van der Waals surface area (Å²) in [5.41, 5.74) is 0. The zero-order chi connectivity index (χ0) is 15.2. The molecule has 0 N–H and O–H groups in total. The lowest BCUT2D eigenvalue weighted by Gasteiger charge is -2.29. The largest absolute Gasteiger partial charge is 0.451 e. The molecule has 0 aromatic carbocycles. The quantitative estimate of drug-likeness (QED) is 0.753. The Balaban J connectivity index is 1.90. The second-order valence-electron chi connectivity index (χ2n) is 4.61. The van der Waals surface area contributed by atoms with E-state index < -0.39 is 12.0 Å². The average molecular weight is 319 g/mol. The molecule has 6 nitrogen and oxygen atoms in total. The second kappa shape index (κ2) is 4.83. The van der Waals surface area contributed by atoms with Crippen LogP contribution in [0.25, 0.3) is 0 Å². The molecule has 0 radical (unpaired) electrons. The van der Waals surface area contributed by atoms with Gasteiger partial charge in [-0.05, 0) is 6.92 Å². The number of rotatable bonds is 1. The maximum Gasteiger partial charge on any atom is 0.451 e. The van der Waals surface area contributed by atoms with E-state index in [9.17, 15) is 13.2 Å². The van der Waals surface area contributed by atoms with E-state index in [4.69, 9.17) is 11.6 Å². The Labute approximate surface area is 122 Å². The molecule has 0 aliphatic carbocycles. The number of anilines is 1. The van der Waals surface area contributed by atoms with Crippen LogP contribution < -0.4 is 4.90 Å². The molecule has 0 saturated carbocycles. The summed E-state index contributed by atoms with van der Waals surface area (Å²) < 4.78 is 39.4. The lowest BCUT2D eigenvalue weighted by Crippen LogP contribution is -2.36. The highest BCUT2D eigenvalue weighted by molar-refractivity contribution is 6.29. The lowest BCUT2D eigenvalue weighted by molar-refractivity contribution is -0.147. The van der Waals surface area contributed by atoms with Crippen LogP contribution in [0.3, 0.4) is 0 Å². The van der Waals surface area contributed by atoms with E-state index in [1.165, 1.54) is 0 Å². The molecule has 0 atom stereocenters. The van der Waals surface area contributed by atoms with E-state index in [-0.39, 0.29) is 18.9 Å². The van der Waals surface area contributed by atoms with Crippen molar-refractivity contribution in [1.82, 2.24) is 24.7 Å². The molecule has 1 aliphatic rings. The van der Waals surface area contributed by atoms with Gasteiger partial charge in [0, 0.05) is 19.2 Å². The van der Waals surface area contributed by atoms with Crippen LogP contribution in [0.5, 0.6) is 0 Å². The van der Waals surface area contributed by atoms with Crippen LogP contribution in [-0.2, 0) is 19.3 Å². The van der Waals surface area contributed by atoms with Crippen LogP contribution in [0.1, 0.15) is 17.5 Å². The van der Waals surface area contributed by atoms with Gasteiger partial charge in [-0.1, -0.05) is 11.6 Å². The van der Waals surface area contributed by atoms with Crippen LogP contribution in [0.4, 0.5) is 19.0 Å². The predicted octanol–water partition coefficient (Wildman–Crippen LogP) is 2.07. The zero-order valence-electron chi connectivity index (χ0n) is 10.9. The lowest BCUT2D eigenvalue weighted by atomic mass is 10.3. The van der Waals surface area contributed by atoms with E-state index in [2.05, 4.69) is 20.2 Å². The molecule has 0 unspecified atom stereocenters. The van der Waals surface area contributed by atoms with Gasteiger partial charge >= 0.3 is 6.18 Å². The van der Waals surface area contributed by atoms with Crippen molar-refractivity contribution in [2.75, 3.05) is 11.4 Å². The van der Waals surface area contributed by atoms with Crippen LogP contribution in [0, 0.1) is 6.92 Å². The minimum Gasteiger partial charge on any atom is -0.347 e. The van der Waals surface area contributed by atoms with E-state index in [1.807, 2.05) is 0 Å². The fourth-order valence-corrected chi connectivity index (χ4v) is 2.46. The van der Waals surface area contributed by atoms with E-state index in [0.29, 0.717) is 23.3 Å². The monoisotopic (exact) mass is 318 g/mol. The summed E-state index contributed by atoms with van der Waals surface area (Å²) in [7, 11) is 0. The molecule has 1 aliphatic heterocycles. The third-order valence-electron chi connectivity index (χ3n) is 3.12. The Morgan fingerprint density at radius 1 is 1.19 bits per heavy atom. The molecule has 0 amide bonds. The molecule has 2 aromatic rings. The molecular formula is C11H10ClF3N6. The molecule has 112 valence electrons. The van der Waals surface area contributed by atoms with Crippen molar-refractivity contribution in [3.8, 4) is 0 Å². The molecule has 21 heavy (non-hydrogen) atoms. The number of aryl methyl sites for hydroxylation is 1. The average Bonchev–Trinajstić information content (AvgIpc) is 2.80. The predicted molar refractivity (Wildman–Crippen MR) is 67.9 cm³/mol. The van der Waals surface area contributed by atoms with Gasteiger partial charge < -0.3 is 9.47 Å². The first-order chi connectivity index (χ1) is 9.84. The number of aromatic nitrogens is 5. The van der Waals surface area contributed by atoms with Gasteiger partial charge in [-0.3, -0.25) is 0 Å². The molecule has 0 fully saturated rings. The Bertz CT molecular complexity index is 663. The molecule has 3 rings (SSSR count). The molecule has 0 bridgehead atoms. The molecule has 0 saturated heterocycles. The fraction of sp³-hybridized carbons (Fsp3) is 0.455. The van der Waals surface area contributed by atoms with Crippen LogP contribution in [0.2, 0.25) is 5.15 Å². The van der Waals surface area contributed by atoms with E-state index >= 15 is 0 Å². The van der Waals surface area contributed by atoms with Gasteiger partial charge in [-0.25, -0.2) is 9.97 Å². The molecule has 2 aromatic heterocycles. The van der Waals surface area contributed by atoms with Crippen molar-refractivity contribution in [2.24, 2.45) is 0 Å². The van der Waals surface area contributed by atoms with Crippen LogP contribution >= 0.6 is 11.6 Å². The van der Waals surface area contributed by atoms with E-state index in [0.717, 1.165) is 4.57 Å². The summed E-state index contributed by atoms with van der Waals surface area (Å²) in [6.07, 6.45) is -4.50. The van der Waals surface area contributed by atoms with Crippen molar-refractivity contribution < 1.29 is 13.2 Å². The van der Waals surface area contributed by atoms with E-state index in [1.54, 1.807) is 17.9 Å². The zero-order valence-corrected chi connectivity index (χ0v) is 11.6. The summed E-state index contributed by atoms with van der Waals surface area (Å²) in [6.45, 7) is 2.39. The first kappa shape index (κ1) is 14.1. The minimum absolute atomic E-state index is 0.137. The van der Waals surface area contributed by atoms with Crippen molar-refractivity contribution in [3.05, 3.63) is 28.7 Å². The first-order valence-electron chi connectivity index (χ1n) is 6.10. The van der Waals surface area contributed by atoms with Crippen LogP contribution in [0.15, 0.2) is 6.07 Å². The topological polar surface area (TPSA) is 59.7 Å². The highest BCUT2D eigenvalue weighted by atomic mass is 35.5. The summed E-state index contributed by atoms with van der Waals surface area (Å²) in [5.74, 6) is 0.353. The van der Waals surface area contributed by atoms with Crippen molar-refractivity contribution in [1.29, 1.82) is 0 Å². The van der Waals surface area contributed by atoms with Gasteiger partial charge in [0.1, 0.15) is 16.8 Å². The number of hydrogen-bond donors (Lipinski definition) is 0. The summed E-state index contributed by atoms with van der Waals surface area (Å²) in [6, 6.07) is 1.57. The Morgan fingerprint density at radius 3 is 2.62 bits per heavy atom. The maximum atomic E-state index is 12.8. The molecular weight excluding hydrogens is 309 g/mol. The highest BCUT2D eigenvalue weighted by Gasteiger charge is 2.39. The van der Waals surface area contributed by atoms with Crippen molar-refractivity contribution in [2.45, 2.75) is 26.2 Å². The highest BCUT2D eigenvalue weighted by Crippen LogP contribution is 2.30. The molecule has 10 heteroatoms. The van der Waals surface area contributed by atoms with Gasteiger partial charge in [0.25, 0.3) is 0 Å². The fourth-order valence-electron chi connectivity index (χ4n) is 2.24. The Hall–Kier alpha value is -1.90. The maximum absolute atomic E-state index is 12.8. The van der Waals surface area contributed by atoms with Gasteiger partial charge in [-0.15, -0.1) is 10.2 Å². The summed E-state index contributed by atoms with van der Waals surface area (Å²) in [4.78, 5) is 9.99. The smallest absolute Gasteiger partial charge is 0.347 e. The van der Waals surface area contributed by atoms with Gasteiger partial charge in [0.15, 0.2) is 5.82 Å². The molecule has 3 heterocycles. The van der Waals surface area contributed by atoms with Crippen molar-refractivity contribution in [3.63, 3.8) is 0 Å². The number of halogens is 4. The second-order valence-corrected chi connectivity index (χ2v) is 4.99. The number of hydrogen-bond acceptors (Lipinski definition) is 5. The normalized spacial score (nSPS) is 15.2. The van der Waals surface area contributed by atoms with Gasteiger partial charge in [0.05, 0.1) is 6.54 Å². The summed E-state index contributed by atoms with van der Waals surface area (Å²) >= 11 is 5.87. The molecule has 0 spiro atoms. The number of fused-ring (bicyclic) bond motifs is 1. The Kier molecular flexibility index (Phi) is 3.23. The summed E-state index contributed by atoms with van der Waals surface area (Å²) in [5, 5.41) is 7.15. The third-order valence-corrected chi connectivity index (χ3v) is 3.32. The third kappa shape index (κ3) is 2.65. The van der Waals surface area contributed by atoms with Gasteiger partial charge in [0.2, 0.25) is 5.82 Å². The SMILES string of the molecule is Cc1nc(Cl)cc(N2CCn3c(nnc3C(F)(F)F)C2)n1. The number of nitrogens with zero attached hydrogens (tertiary/aromatic N) is 6. The number of alkyl halides is 3. The first-order valence-corrected chi connectivity index (χ1v) is 6.48. The van der Waals surface area contributed by atoms with Crippen LogP contribution in [-0.4, -0.2) is 31.3 Å².